The van der Waals surface area contributed by atoms with Gasteiger partial charge >= 0.3 is 0 Å². The van der Waals surface area contributed by atoms with Crippen molar-refractivity contribution in [3.63, 3.8) is 0 Å². The second-order valence-electron chi connectivity index (χ2n) is 3.99. The molecule has 1 N–H and O–H groups in total. The van der Waals surface area contributed by atoms with Crippen LogP contribution in [0.1, 0.15) is 31.5 Å². The van der Waals surface area contributed by atoms with E-state index in [2.05, 4.69) is 10.3 Å². The lowest BCUT2D eigenvalue weighted by Crippen LogP contribution is -2.20. The molecule has 0 bridgehead atoms. The van der Waals surface area contributed by atoms with Crippen LogP contribution in [0.5, 0.6) is 0 Å². The molecule has 4 heteroatoms. The van der Waals surface area contributed by atoms with Gasteiger partial charge in [-0.2, -0.15) is 0 Å². The van der Waals surface area contributed by atoms with Crippen molar-refractivity contribution in [2.75, 3.05) is 5.32 Å². The number of carbonyl (C=O) groups excluding carboxylic acids is 1. The van der Waals surface area contributed by atoms with Crippen molar-refractivity contribution in [1.29, 1.82) is 0 Å². The molecule has 1 amide bonds. The van der Waals surface area contributed by atoms with Gasteiger partial charge in [-0.25, -0.2) is 0 Å². The van der Waals surface area contributed by atoms with Gasteiger partial charge in [0.05, 0.1) is 22.6 Å². The van der Waals surface area contributed by atoms with Gasteiger partial charge in [0, 0.05) is 5.92 Å². The standard InChI is InChI=1S/C12H17ClN2O/c1-5-7(2)12(16)15-10-6-14-9(4)11(13)8(10)3/h6-7H,5H2,1-4H3,(H,15,16). The predicted octanol–water partition coefficient (Wildman–Crippen LogP) is 3.34. The van der Waals surface area contributed by atoms with Crippen molar-refractivity contribution in [2.45, 2.75) is 34.1 Å². The summed E-state index contributed by atoms with van der Waals surface area (Å²) < 4.78 is 0. The predicted molar refractivity (Wildman–Crippen MR) is 66.8 cm³/mol. The average Bonchev–Trinajstić information content (AvgIpc) is 2.28. The Labute approximate surface area is 101 Å². The Morgan fingerprint density at radius 2 is 2.19 bits per heavy atom. The number of rotatable bonds is 3. The molecule has 1 aromatic rings. The molecule has 88 valence electrons. The molecule has 0 radical (unpaired) electrons. The largest absolute Gasteiger partial charge is 0.324 e. The molecule has 0 fully saturated rings. The number of halogens is 1. The van der Waals surface area contributed by atoms with E-state index in [1.54, 1.807) is 6.20 Å². The second kappa shape index (κ2) is 5.30. The van der Waals surface area contributed by atoms with E-state index >= 15 is 0 Å². The smallest absolute Gasteiger partial charge is 0.227 e. The maximum Gasteiger partial charge on any atom is 0.227 e. The van der Waals surface area contributed by atoms with E-state index in [-0.39, 0.29) is 11.8 Å². The fourth-order valence-electron chi connectivity index (χ4n) is 1.27. The number of nitrogens with one attached hydrogen (secondary N) is 1. The number of amides is 1. The first-order chi connectivity index (χ1) is 7.47. The number of pyridine rings is 1. The molecule has 0 aliphatic carbocycles. The molecule has 1 atom stereocenters. The molecular formula is C12H17ClN2O. The average molecular weight is 241 g/mol. The zero-order valence-electron chi connectivity index (χ0n) is 10.1. The summed E-state index contributed by atoms with van der Waals surface area (Å²) in [6.07, 6.45) is 2.47. The van der Waals surface area contributed by atoms with E-state index < -0.39 is 0 Å². The van der Waals surface area contributed by atoms with Crippen LogP contribution in [0.2, 0.25) is 5.02 Å². The Hall–Kier alpha value is -1.09. The Kier molecular flexibility index (Phi) is 4.30. The van der Waals surface area contributed by atoms with Crippen molar-refractivity contribution in [1.82, 2.24) is 4.98 Å². The molecule has 0 aliphatic rings. The molecule has 1 heterocycles. The highest BCUT2D eigenvalue weighted by molar-refractivity contribution is 6.32. The first kappa shape index (κ1) is 13.0. The van der Waals surface area contributed by atoms with Crippen LogP contribution in [-0.2, 0) is 4.79 Å². The van der Waals surface area contributed by atoms with E-state index in [1.807, 2.05) is 27.7 Å². The van der Waals surface area contributed by atoms with Crippen LogP contribution < -0.4 is 5.32 Å². The summed E-state index contributed by atoms with van der Waals surface area (Å²) >= 11 is 6.07. The molecule has 1 rings (SSSR count). The van der Waals surface area contributed by atoms with Gasteiger partial charge < -0.3 is 5.32 Å². The molecular weight excluding hydrogens is 224 g/mol. The van der Waals surface area contributed by atoms with Gasteiger partial charge in [0.25, 0.3) is 0 Å². The Morgan fingerprint density at radius 3 is 2.75 bits per heavy atom. The number of anilines is 1. The lowest BCUT2D eigenvalue weighted by atomic mass is 10.1. The summed E-state index contributed by atoms with van der Waals surface area (Å²) in [5, 5.41) is 3.46. The number of carbonyl (C=O) groups is 1. The molecule has 0 aromatic carbocycles. The van der Waals surface area contributed by atoms with Crippen LogP contribution in [0.4, 0.5) is 5.69 Å². The van der Waals surface area contributed by atoms with Crippen LogP contribution in [0, 0.1) is 19.8 Å². The zero-order valence-corrected chi connectivity index (χ0v) is 10.9. The quantitative estimate of drug-likeness (QED) is 0.881. The van der Waals surface area contributed by atoms with Crippen molar-refractivity contribution < 1.29 is 4.79 Å². The van der Waals surface area contributed by atoms with E-state index in [9.17, 15) is 4.79 Å². The minimum atomic E-state index is -0.000483. The molecule has 3 nitrogen and oxygen atoms in total. The van der Waals surface area contributed by atoms with Crippen LogP contribution in [0.25, 0.3) is 0 Å². The molecule has 0 saturated heterocycles. The highest BCUT2D eigenvalue weighted by Crippen LogP contribution is 2.25. The van der Waals surface area contributed by atoms with Gasteiger partial charge in [-0.15, -0.1) is 0 Å². The lowest BCUT2D eigenvalue weighted by molar-refractivity contribution is -0.119. The highest BCUT2D eigenvalue weighted by Gasteiger charge is 2.13. The van der Waals surface area contributed by atoms with Gasteiger partial charge in [-0.05, 0) is 25.8 Å². The topological polar surface area (TPSA) is 42.0 Å². The van der Waals surface area contributed by atoms with Gasteiger partial charge in [-0.1, -0.05) is 25.4 Å². The summed E-state index contributed by atoms with van der Waals surface area (Å²) in [6.45, 7) is 7.60. The third-order valence-corrected chi connectivity index (χ3v) is 3.31. The van der Waals surface area contributed by atoms with Crippen molar-refractivity contribution in [3.8, 4) is 0 Å². The molecule has 0 spiro atoms. The van der Waals surface area contributed by atoms with Gasteiger partial charge in [0.2, 0.25) is 5.91 Å². The fraction of sp³-hybridized carbons (Fsp3) is 0.500. The van der Waals surface area contributed by atoms with Crippen LogP contribution in [0.15, 0.2) is 6.20 Å². The molecule has 1 aromatic heterocycles. The van der Waals surface area contributed by atoms with E-state index in [1.165, 1.54) is 0 Å². The number of hydrogen-bond donors (Lipinski definition) is 1. The van der Waals surface area contributed by atoms with Crippen molar-refractivity contribution in [2.24, 2.45) is 5.92 Å². The van der Waals surface area contributed by atoms with E-state index in [4.69, 9.17) is 11.6 Å². The van der Waals surface area contributed by atoms with Crippen LogP contribution >= 0.6 is 11.6 Å². The molecule has 0 saturated carbocycles. The zero-order chi connectivity index (χ0) is 12.3. The number of hydrogen-bond acceptors (Lipinski definition) is 2. The first-order valence-electron chi connectivity index (χ1n) is 5.39. The first-order valence-corrected chi connectivity index (χ1v) is 5.77. The third kappa shape index (κ3) is 2.73. The maximum atomic E-state index is 11.7. The Bertz CT molecular complexity index is 404. The summed E-state index contributed by atoms with van der Waals surface area (Å²) in [6, 6.07) is 0. The minimum absolute atomic E-state index is 0.000483. The summed E-state index contributed by atoms with van der Waals surface area (Å²) in [5.74, 6) is 0.00629. The fourth-order valence-corrected chi connectivity index (χ4v) is 1.42. The second-order valence-corrected chi connectivity index (χ2v) is 4.37. The Balaban J connectivity index is 2.91. The highest BCUT2D eigenvalue weighted by atomic mass is 35.5. The monoisotopic (exact) mass is 240 g/mol. The summed E-state index contributed by atoms with van der Waals surface area (Å²) in [5.41, 5.74) is 2.34. The van der Waals surface area contributed by atoms with Crippen molar-refractivity contribution >= 4 is 23.2 Å². The van der Waals surface area contributed by atoms with Crippen LogP contribution in [-0.4, -0.2) is 10.9 Å². The SMILES string of the molecule is CCC(C)C(=O)Nc1cnc(C)c(Cl)c1C. The molecule has 16 heavy (non-hydrogen) atoms. The van der Waals surface area contributed by atoms with E-state index in [0.717, 1.165) is 17.7 Å². The van der Waals surface area contributed by atoms with Gasteiger partial charge in [0.1, 0.15) is 0 Å². The van der Waals surface area contributed by atoms with Crippen molar-refractivity contribution in [3.05, 3.63) is 22.5 Å². The minimum Gasteiger partial charge on any atom is -0.324 e. The summed E-state index contributed by atoms with van der Waals surface area (Å²) in [4.78, 5) is 15.8. The lowest BCUT2D eigenvalue weighted by Gasteiger charge is -2.13. The molecule has 0 aliphatic heterocycles. The number of aromatic nitrogens is 1. The maximum absolute atomic E-state index is 11.7. The third-order valence-electron chi connectivity index (χ3n) is 2.76. The Morgan fingerprint density at radius 1 is 1.56 bits per heavy atom. The molecule has 1 unspecified atom stereocenters. The van der Waals surface area contributed by atoms with Gasteiger partial charge in [-0.3, -0.25) is 9.78 Å². The van der Waals surface area contributed by atoms with Gasteiger partial charge in [0.15, 0.2) is 0 Å². The van der Waals surface area contributed by atoms with E-state index in [0.29, 0.717) is 10.7 Å². The summed E-state index contributed by atoms with van der Waals surface area (Å²) in [7, 11) is 0. The van der Waals surface area contributed by atoms with Crippen LogP contribution in [0.3, 0.4) is 0 Å². The number of nitrogens with zero attached hydrogens (tertiary/aromatic N) is 1. The normalized spacial score (nSPS) is 12.3. The number of aryl methyl sites for hydroxylation is 1.